The highest BCUT2D eigenvalue weighted by molar-refractivity contribution is 7.91. The first-order valence-electron chi connectivity index (χ1n) is 9.87. The lowest BCUT2D eigenvalue weighted by Crippen LogP contribution is -2.45. The predicted molar refractivity (Wildman–Crippen MR) is 113 cm³/mol. The van der Waals surface area contributed by atoms with Crippen LogP contribution >= 0.6 is 11.3 Å². The molecule has 1 unspecified atom stereocenters. The molecule has 1 atom stereocenters. The van der Waals surface area contributed by atoms with Gasteiger partial charge in [-0.15, -0.1) is 11.3 Å². The van der Waals surface area contributed by atoms with E-state index in [0.29, 0.717) is 23.7 Å². The summed E-state index contributed by atoms with van der Waals surface area (Å²) in [6.07, 6.45) is 3.31. The number of carbonyl (C=O) groups is 1. The third-order valence-corrected chi connectivity index (χ3v) is 8.60. The second-order valence-electron chi connectivity index (χ2n) is 7.16. The van der Waals surface area contributed by atoms with Crippen molar-refractivity contribution >= 4 is 27.3 Å². The molecule has 1 aromatic carbocycles. The molecule has 0 saturated carbocycles. The summed E-state index contributed by atoms with van der Waals surface area (Å²) >= 11 is 1.22. The fourth-order valence-electron chi connectivity index (χ4n) is 3.65. The van der Waals surface area contributed by atoms with Crippen molar-refractivity contribution in [3.8, 4) is 0 Å². The van der Waals surface area contributed by atoms with E-state index < -0.39 is 10.0 Å². The first-order chi connectivity index (χ1) is 13.5. The molecule has 1 fully saturated rings. The normalized spacial score (nSPS) is 18.1. The summed E-state index contributed by atoms with van der Waals surface area (Å²) in [5.74, 6) is -0.363. The SMILES string of the molecule is CCc1ccc(CC)c(CNC(=O)C2CCCN(S(=O)(=O)c3cccs3)C2)c1. The van der Waals surface area contributed by atoms with E-state index in [9.17, 15) is 13.2 Å². The highest BCUT2D eigenvalue weighted by atomic mass is 32.2. The van der Waals surface area contributed by atoms with Gasteiger partial charge in [-0.25, -0.2) is 8.42 Å². The Morgan fingerprint density at radius 1 is 1.21 bits per heavy atom. The number of piperidine rings is 1. The molecule has 7 heteroatoms. The zero-order valence-corrected chi connectivity index (χ0v) is 18.1. The van der Waals surface area contributed by atoms with Crippen LogP contribution in [0.5, 0.6) is 0 Å². The third-order valence-electron chi connectivity index (χ3n) is 5.36. The van der Waals surface area contributed by atoms with Crippen LogP contribution in [-0.4, -0.2) is 31.7 Å². The molecule has 2 aromatic rings. The van der Waals surface area contributed by atoms with Crippen LogP contribution in [0.1, 0.15) is 43.4 Å². The van der Waals surface area contributed by atoms with Crippen molar-refractivity contribution < 1.29 is 13.2 Å². The van der Waals surface area contributed by atoms with E-state index >= 15 is 0 Å². The Morgan fingerprint density at radius 2 is 2.04 bits per heavy atom. The Labute approximate surface area is 171 Å². The average Bonchev–Trinajstić information content (AvgIpc) is 3.27. The lowest BCUT2D eigenvalue weighted by Gasteiger charge is -2.30. The smallest absolute Gasteiger partial charge is 0.252 e. The molecule has 0 spiro atoms. The van der Waals surface area contributed by atoms with Gasteiger partial charge in [-0.3, -0.25) is 4.79 Å². The number of hydrogen-bond acceptors (Lipinski definition) is 4. The van der Waals surface area contributed by atoms with Crippen molar-refractivity contribution in [3.63, 3.8) is 0 Å². The number of amides is 1. The van der Waals surface area contributed by atoms with Crippen LogP contribution in [0.4, 0.5) is 0 Å². The van der Waals surface area contributed by atoms with Gasteiger partial charge in [0.05, 0.1) is 5.92 Å². The molecule has 3 rings (SSSR count). The van der Waals surface area contributed by atoms with Crippen LogP contribution in [0.25, 0.3) is 0 Å². The zero-order valence-electron chi connectivity index (χ0n) is 16.5. The zero-order chi connectivity index (χ0) is 20.1. The molecule has 28 heavy (non-hydrogen) atoms. The largest absolute Gasteiger partial charge is 0.352 e. The van der Waals surface area contributed by atoms with Gasteiger partial charge in [-0.2, -0.15) is 4.31 Å². The molecular formula is C21H28N2O3S2. The molecule has 5 nitrogen and oxygen atoms in total. The van der Waals surface area contributed by atoms with E-state index in [-0.39, 0.29) is 18.4 Å². The minimum atomic E-state index is -3.50. The molecule has 1 aromatic heterocycles. The summed E-state index contributed by atoms with van der Waals surface area (Å²) < 4.78 is 27.3. The Hall–Kier alpha value is -1.70. The Bertz CT molecular complexity index is 908. The Kier molecular flexibility index (Phi) is 6.91. The molecule has 152 valence electrons. The van der Waals surface area contributed by atoms with Gasteiger partial charge in [0.1, 0.15) is 4.21 Å². The quantitative estimate of drug-likeness (QED) is 0.744. The Morgan fingerprint density at radius 3 is 2.71 bits per heavy atom. The Balaban J connectivity index is 1.65. The third kappa shape index (κ3) is 4.64. The minimum Gasteiger partial charge on any atom is -0.352 e. The number of rotatable bonds is 7. The van der Waals surface area contributed by atoms with Gasteiger partial charge in [0.2, 0.25) is 5.91 Å². The summed E-state index contributed by atoms with van der Waals surface area (Å²) in [6, 6.07) is 9.79. The molecule has 1 aliphatic rings. The topological polar surface area (TPSA) is 66.5 Å². The van der Waals surface area contributed by atoms with Gasteiger partial charge < -0.3 is 5.32 Å². The van der Waals surface area contributed by atoms with Crippen molar-refractivity contribution in [2.24, 2.45) is 5.92 Å². The molecule has 0 bridgehead atoms. The fraction of sp³-hybridized carbons (Fsp3) is 0.476. The summed E-state index contributed by atoms with van der Waals surface area (Å²) in [7, 11) is -3.50. The van der Waals surface area contributed by atoms with E-state index in [2.05, 4.69) is 37.4 Å². The van der Waals surface area contributed by atoms with Gasteiger partial charge in [0.15, 0.2) is 0 Å². The number of nitrogens with zero attached hydrogens (tertiary/aromatic N) is 1. The lowest BCUT2D eigenvalue weighted by molar-refractivity contribution is -0.126. The van der Waals surface area contributed by atoms with Gasteiger partial charge in [-0.1, -0.05) is 38.1 Å². The molecule has 1 aliphatic heterocycles. The standard InChI is InChI=1S/C21H28N2O3S2/c1-3-16-9-10-17(4-2)19(13-16)14-22-21(24)18-7-5-11-23(15-18)28(25,26)20-8-6-12-27-20/h6,8-10,12-13,18H,3-5,7,11,14-15H2,1-2H3,(H,22,24). The number of hydrogen-bond donors (Lipinski definition) is 1. The fourth-order valence-corrected chi connectivity index (χ4v) is 6.32. The monoisotopic (exact) mass is 420 g/mol. The first-order valence-corrected chi connectivity index (χ1v) is 12.2. The average molecular weight is 421 g/mol. The summed E-state index contributed by atoms with van der Waals surface area (Å²) in [5, 5.41) is 4.80. The van der Waals surface area contributed by atoms with Crippen molar-refractivity contribution in [3.05, 3.63) is 52.4 Å². The number of thiophene rings is 1. The number of carbonyl (C=O) groups excluding carboxylic acids is 1. The van der Waals surface area contributed by atoms with Crippen LogP contribution in [0.3, 0.4) is 0 Å². The summed E-state index contributed by atoms with van der Waals surface area (Å²) in [4.78, 5) is 12.8. The van der Waals surface area contributed by atoms with Crippen LogP contribution < -0.4 is 5.32 Å². The van der Waals surface area contributed by atoms with Gasteiger partial charge in [0, 0.05) is 19.6 Å². The van der Waals surface area contributed by atoms with Crippen molar-refractivity contribution in [2.75, 3.05) is 13.1 Å². The van der Waals surface area contributed by atoms with Crippen molar-refractivity contribution in [1.29, 1.82) is 0 Å². The van der Waals surface area contributed by atoms with Crippen LogP contribution in [0, 0.1) is 5.92 Å². The van der Waals surface area contributed by atoms with E-state index in [4.69, 9.17) is 0 Å². The molecule has 0 radical (unpaired) electrons. The van der Waals surface area contributed by atoms with E-state index in [0.717, 1.165) is 24.8 Å². The molecule has 1 saturated heterocycles. The first kappa shape index (κ1) is 21.0. The van der Waals surface area contributed by atoms with Crippen molar-refractivity contribution in [2.45, 2.75) is 50.3 Å². The second kappa shape index (κ2) is 9.20. The van der Waals surface area contributed by atoms with Crippen molar-refractivity contribution in [1.82, 2.24) is 9.62 Å². The number of aryl methyl sites for hydroxylation is 2. The molecular weight excluding hydrogens is 392 g/mol. The molecule has 1 amide bonds. The number of nitrogens with one attached hydrogen (secondary N) is 1. The van der Waals surface area contributed by atoms with E-state index in [1.165, 1.54) is 26.8 Å². The maximum Gasteiger partial charge on any atom is 0.252 e. The highest BCUT2D eigenvalue weighted by Gasteiger charge is 2.33. The number of benzene rings is 1. The van der Waals surface area contributed by atoms with Gasteiger partial charge >= 0.3 is 0 Å². The lowest BCUT2D eigenvalue weighted by atomic mass is 9.97. The predicted octanol–water partition coefficient (Wildman–Crippen LogP) is 3.59. The number of sulfonamides is 1. The van der Waals surface area contributed by atoms with Gasteiger partial charge in [-0.05, 0) is 53.8 Å². The van der Waals surface area contributed by atoms with Crippen LogP contribution in [0.2, 0.25) is 0 Å². The van der Waals surface area contributed by atoms with Crippen LogP contribution in [0.15, 0.2) is 39.9 Å². The van der Waals surface area contributed by atoms with Gasteiger partial charge in [0.25, 0.3) is 10.0 Å². The van der Waals surface area contributed by atoms with E-state index in [1.807, 2.05) is 0 Å². The van der Waals surface area contributed by atoms with E-state index in [1.54, 1.807) is 17.5 Å². The highest BCUT2D eigenvalue weighted by Crippen LogP contribution is 2.26. The maximum atomic E-state index is 12.8. The molecule has 1 N–H and O–H groups in total. The minimum absolute atomic E-state index is 0.0602. The molecule has 2 heterocycles. The summed E-state index contributed by atoms with van der Waals surface area (Å²) in [6.45, 7) is 5.45. The second-order valence-corrected chi connectivity index (χ2v) is 10.3. The van der Waals surface area contributed by atoms with Crippen LogP contribution in [-0.2, 0) is 34.2 Å². The summed E-state index contributed by atoms with van der Waals surface area (Å²) in [5.41, 5.74) is 3.64. The molecule has 0 aliphatic carbocycles. The maximum absolute atomic E-state index is 12.8.